The number of carbonyl (C=O) groups excluding carboxylic acids is 1. The van der Waals surface area contributed by atoms with Gasteiger partial charge in [-0.15, -0.1) is 0 Å². The number of methoxy groups -OCH3 is 2. The fraction of sp³-hybridized carbons (Fsp3) is 0.269. The summed E-state index contributed by atoms with van der Waals surface area (Å²) >= 11 is 0. The zero-order valence-electron chi connectivity index (χ0n) is 18.7. The molecular formula is C26H28N2O4. The molecule has 1 heterocycles. The summed E-state index contributed by atoms with van der Waals surface area (Å²) in [5, 5.41) is 2.97. The predicted octanol–water partition coefficient (Wildman–Crippen LogP) is 4.80. The van der Waals surface area contributed by atoms with Crippen LogP contribution in [0.4, 0.5) is 5.69 Å². The number of aryl methyl sites for hydroxylation is 1. The molecule has 1 N–H and O–H groups in total. The largest absolute Gasteiger partial charge is 0.493 e. The topological polar surface area (TPSA) is 60.0 Å². The number of anilines is 1. The second-order valence-corrected chi connectivity index (χ2v) is 7.92. The first-order valence-corrected chi connectivity index (χ1v) is 10.6. The maximum atomic E-state index is 12.6. The van der Waals surface area contributed by atoms with Crippen LogP contribution in [0.2, 0.25) is 0 Å². The highest BCUT2D eigenvalue weighted by molar-refractivity contribution is 5.92. The van der Waals surface area contributed by atoms with Crippen LogP contribution in [-0.2, 0) is 17.8 Å². The van der Waals surface area contributed by atoms with E-state index in [9.17, 15) is 4.79 Å². The maximum Gasteiger partial charge on any atom is 0.238 e. The van der Waals surface area contributed by atoms with Crippen LogP contribution >= 0.6 is 0 Å². The molecular weight excluding hydrogens is 404 g/mol. The summed E-state index contributed by atoms with van der Waals surface area (Å²) in [7, 11) is 3.28. The Morgan fingerprint density at radius 2 is 1.50 bits per heavy atom. The van der Waals surface area contributed by atoms with Crippen LogP contribution in [0.25, 0.3) is 0 Å². The second-order valence-electron chi connectivity index (χ2n) is 7.92. The second kappa shape index (κ2) is 9.75. The van der Waals surface area contributed by atoms with Gasteiger partial charge in [0, 0.05) is 18.8 Å². The Morgan fingerprint density at radius 3 is 2.12 bits per heavy atom. The number of hydrogen-bond acceptors (Lipinski definition) is 5. The summed E-state index contributed by atoms with van der Waals surface area (Å²) in [6.07, 6.45) is 0.869. The van der Waals surface area contributed by atoms with Gasteiger partial charge < -0.3 is 19.5 Å². The predicted molar refractivity (Wildman–Crippen MR) is 125 cm³/mol. The molecule has 0 aromatic heterocycles. The van der Waals surface area contributed by atoms with E-state index in [1.807, 2.05) is 67.6 Å². The van der Waals surface area contributed by atoms with E-state index < -0.39 is 0 Å². The van der Waals surface area contributed by atoms with Gasteiger partial charge in [0.05, 0.1) is 20.8 Å². The highest BCUT2D eigenvalue weighted by atomic mass is 16.5. The van der Waals surface area contributed by atoms with E-state index in [2.05, 4.69) is 10.2 Å². The van der Waals surface area contributed by atoms with Crippen LogP contribution in [0, 0.1) is 6.92 Å². The van der Waals surface area contributed by atoms with E-state index >= 15 is 0 Å². The molecule has 1 aliphatic rings. The first-order chi connectivity index (χ1) is 15.5. The van der Waals surface area contributed by atoms with Gasteiger partial charge in [0.1, 0.15) is 11.5 Å². The van der Waals surface area contributed by atoms with Crippen molar-refractivity contribution in [2.75, 3.05) is 32.6 Å². The molecule has 6 nitrogen and oxygen atoms in total. The van der Waals surface area contributed by atoms with Crippen LogP contribution < -0.4 is 19.5 Å². The molecule has 32 heavy (non-hydrogen) atoms. The van der Waals surface area contributed by atoms with Gasteiger partial charge in [0.2, 0.25) is 5.91 Å². The van der Waals surface area contributed by atoms with Crippen molar-refractivity contribution in [1.82, 2.24) is 4.90 Å². The van der Waals surface area contributed by atoms with E-state index in [-0.39, 0.29) is 5.91 Å². The number of hydrogen-bond donors (Lipinski definition) is 1. The van der Waals surface area contributed by atoms with E-state index in [4.69, 9.17) is 14.2 Å². The Bertz CT molecular complexity index is 1080. The number of benzene rings is 3. The normalized spacial score (nSPS) is 13.2. The Morgan fingerprint density at radius 1 is 0.906 bits per heavy atom. The summed E-state index contributed by atoms with van der Waals surface area (Å²) in [6.45, 7) is 3.89. The Hall–Kier alpha value is -3.51. The molecule has 0 atom stereocenters. The van der Waals surface area contributed by atoms with Crippen LogP contribution in [0.3, 0.4) is 0 Å². The number of nitrogens with one attached hydrogen (secondary N) is 1. The van der Waals surface area contributed by atoms with Gasteiger partial charge in [-0.25, -0.2) is 0 Å². The molecule has 6 heteroatoms. The van der Waals surface area contributed by atoms with Gasteiger partial charge in [-0.3, -0.25) is 9.69 Å². The standard InChI is InChI=1S/C26H28N2O4/c1-18-4-8-22(9-5-18)32-23-10-6-21(7-11-23)27-26(29)17-28-13-12-19-14-24(30-2)25(31-3)15-20(19)16-28/h4-11,14-15H,12-13,16-17H2,1-3H3,(H,27,29). The highest BCUT2D eigenvalue weighted by Crippen LogP contribution is 2.33. The van der Waals surface area contributed by atoms with Gasteiger partial charge in [-0.2, -0.15) is 0 Å². The summed E-state index contributed by atoms with van der Waals surface area (Å²) in [4.78, 5) is 14.7. The van der Waals surface area contributed by atoms with Crippen LogP contribution in [0.5, 0.6) is 23.0 Å². The van der Waals surface area contributed by atoms with Gasteiger partial charge in [-0.05, 0) is 73.0 Å². The molecule has 0 saturated carbocycles. The molecule has 3 aromatic carbocycles. The Kier molecular flexibility index (Phi) is 6.61. The molecule has 0 unspecified atom stereocenters. The summed E-state index contributed by atoms with van der Waals surface area (Å²) in [5.41, 5.74) is 4.34. The maximum absolute atomic E-state index is 12.6. The zero-order chi connectivity index (χ0) is 22.5. The number of ether oxygens (including phenoxy) is 3. The molecule has 0 fully saturated rings. The molecule has 1 aliphatic heterocycles. The number of carbonyl (C=O) groups is 1. The molecule has 0 radical (unpaired) electrons. The smallest absolute Gasteiger partial charge is 0.238 e. The lowest BCUT2D eigenvalue weighted by atomic mass is 9.99. The fourth-order valence-corrected chi connectivity index (χ4v) is 3.83. The molecule has 0 aliphatic carbocycles. The number of nitrogens with zero attached hydrogens (tertiary/aromatic N) is 1. The minimum absolute atomic E-state index is 0.0406. The van der Waals surface area contributed by atoms with Gasteiger partial charge in [0.25, 0.3) is 0 Å². The van der Waals surface area contributed by atoms with Crippen LogP contribution in [-0.4, -0.2) is 38.1 Å². The van der Waals surface area contributed by atoms with Crippen molar-refractivity contribution in [3.05, 3.63) is 77.4 Å². The minimum atomic E-state index is -0.0406. The third-order valence-corrected chi connectivity index (χ3v) is 5.56. The van der Waals surface area contributed by atoms with Crippen LogP contribution in [0.15, 0.2) is 60.7 Å². The lowest BCUT2D eigenvalue weighted by Crippen LogP contribution is -2.37. The van der Waals surface area contributed by atoms with E-state index in [1.165, 1.54) is 16.7 Å². The SMILES string of the molecule is COc1cc2c(cc1OC)CN(CC(=O)Nc1ccc(Oc3ccc(C)cc3)cc1)CC2. The molecule has 0 saturated heterocycles. The van der Waals surface area contributed by atoms with Crippen molar-refractivity contribution in [3.8, 4) is 23.0 Å². The lowest BCUT2D eigenvalue weighted by Gasteiger charge is -2.29. The summed E-state index contributed by atoms with van der Waals surface area (Å²) in [5.74, 6) is 2.93. The first-order valence-electron chi connectivity index (χ1n) is 10.6. The average Bonchev–Trinajstić information content (AvgIpc) is 2.80. The van der Waals surface area contributed by atoms with Crippen molar-refractivity contribution in [3.63, 3.8) is 0 Å². The lowest BCUT2D eigenvalue weighted by molar-refractivity contribution is -0.117. The minimum Gasteiger partial charge on any atom is -0.493 e. The van der Waals surface area contributed by atoms with Crippen molar-refractivity contribution >= 4 is 11.6 Å². The molecule has 4 rings (SSSR count). The molecule has 166 valence electrons. The van der Waals surface area contributed by atoms with Crippen molar-refractivity contribution in [2.45, 2.75) is 19.9 Å². The number of amides is 1. The number of rotatable bonds is 7. The highest BCUT2D eigenvalue weighted by Gasteiger charge is 2.21. The molecule has 0 spiro atoms. The van der Waals surface area contributed by atoms with Gasteiger partial charge in [-0.1, -0.05) is 17.7 Å². The monoisotopic (exact) mass is 432 g/mol. The molecule has 0 bridgehead atoms. The van der Waals surface area contributed by atoms with E-state index in [1.54, 1.807) is 14.2 Å². The third-order valence-electron chi connectivity index (χ3n) is 5.56. The van der Waals surface area contributed by atoms with Crippen molar-refractivity contribution in [2.24, 2.45) is 0 Å². The van der Waals surface area contributed by atoms with E-state index in [0.29, 0.717) is 18.8 Å². The Balaban J connectivity index is 1.32. The molecule has 1 amide bonds. The number of fused-ring (bicyclic) bond motifs is 1. The quantitative estimate of drug-likeness (QED) is 0.581. The van der Waals surface area contributed by atoms with E-state index in [0.717, 1.165) is 35.9 Å². The first kappa shape index (κ1) is 21.7. The van der Waals surface area contributed by atoms with Crippen molar-refractivity contribution < 1.29 is 19.0 Å². The summed E-state index contributed by atoms with van der Waals surface area (Å²) in [6, 6.07) is 19.3. The zero-order valence-corrected chi connectivity index (χ0v) is 18.7. The van der Waals surface area contributed by atoms with Crippen LogP contribution in [0.1, 0.15) is 16.7 Å². The van der Waals surface area contributed by atoms with Gasteiger partial charge in [0.15, 0.2) is 11.5 Å². The summed E-state index contributed by atoms with van der Waals surface area (Å²) < 4.78 is 16.7. The third kappa shape index (κ3) is 5.21. The van der Waals surface area contributed by atoms with Gasteiger partial charge >= 0.3 is 0 Å². The average molecular weight is 433 g/mol. The fourth-order valence-electron chi connectivity index (χ4n) is 3.83. The van der Waals surface area contributed by atoms with Crippen molar-refractivity contribution in [1.29, 1.82) is 0 Å². The molecule has 3 aromatic rings. The Labute approximate surface area is 188 Å².